The summed E-state index contributed by atoms with van der Waals surface area (Å²) in [7, 11) is 0. The van der Waals surface area contributed by atoms with Gasteiger partial charge < -0.3 is 5.11 Å². The highest BCUT2D eigenvalue weighted by molar-refractivity contribution is 9.10. The molecule has 1 N–H and O–H groups in total. The van der Waals surface area contributed by atoms with Gasteiger partial charge in [-0.05, 0) is 31.0 Å². The smallest absolute Gasteiger partial charge is 0.270 e. The molecule has 0 radical (unpaired) electrons. The van der Waals surface area contributed by atoms with Crippen LogP contribution in [0.25, 0.3) is 0 Å². The minimum atomic E-state index is -2.79. The number of hydrogen-bond donors (Lipinski definition) is 1. The third kappa shape index (κ3) is 2.12. The highest BCUT2D eigenvalue weighted by atomic mass is 79.9. The molecule has 1 atom stereocenters. The van der Waals surface area contributed by atoms with Crippen LogP contribution in [0, 0.1) is 6.92 Å². The Morgan fingerprint density at radius 3 is 2.43 bits per heavy atom. The van der Waals surface area contributed by atoms with Gasteiger partial charge in [-0.3, -0.25) is 0 Å². The van der Waals surface area contributed by atoms with Crippen molar-refractivity contribution in [2.75, 3.05) is 0 Å². The van der Waals surface area contributed by atoms with Gasteiger partial charge in [-0.1, -0.05) is 28.1 Å². The molecule has 0 saturated carbocycles. The molecule has 0 spiro atoms. The van der Waals surface area contributed by atoms with Gasteiger partial charge in [-0.15, -0.1) is 0 Å². The van der Waals surface area contributed by atoms with Gasteiger partial charge >= 0.3 is 0 Å². The first kappa shape index (κ1) is 11.6. The first-order valence-corrected chi connectivity index (χ1v) is 4.92. The van der Waals surface area contributed by atoms with Gasteiger partial charge in [-0.25, -0.2) is 8.78 Å². The van der Waals surface area contributed by atoms with E-state index < -0.39 is 12.0 Å². The topological polar surface area (TPSA) is 20.2 Å². The van der Waals surface area contributed by atoms with Crippen LogP contribution in [0.2, 0.25) is 0 Å². The molecule has 0 amide bonds. The molecule has 0 bridgehead atoms. The highest BCUT2D eigenvalue weighted by Gasteiger charge is 2.34. The second kappa shape index (κ2) is 3.95. The van der Waals surface area contributed by atoms with Gasteiger partial charge in [0, 0.05) is 4.47 Å². The Morgan fingerprint density at radius 2 is 2.00 bits per heavy atom. The zero-order valence-corrected chi connectivity index (χ0v) is 9.48. The predicted octanol–water partition coefficient (Wildman–Crippen LogP) is 3.23. The van der Waals surface area contributed by atoms with E-state index in [0.717, 1.165) is 17.0 Å². The maximum absolute atomic E-state index is 12.5. The van der Waals surface area contributed by atoms with Gasteiger partial charge in [0.25, 0.3) is 6.43 Å². The van der Waals surface area contributed by atoms with Crippen LogP contribution in [-0.4, -0.2) is 11.5 Å². The van der Waals surface area contributed by atoms with Crippen LogP contribution in [-0.2, 0) is 5.60 Å². The van der Waals surface area contributed by atoms with Crippen molar-refractivity contribution in [2.45, 2.75) is 25.9 Å². The molecule has 1 aromatic rings. The minimum Gasteiger partial charge on any atom is -0.379 e. The van der Waals surface area contributed by atoms with Gasteiger partial charge in [0.15, 0.2) is 0 Å². The number of halogens is 3. The molecular weight excluding hydrogens is 254 g/mol. The molecule has 0 saturated heterocycles. The molecule has 0 aliphatic heterocycles. The maximum Gasteiger partial charge on any atom is 0.270 e. The average Bonchev–Trinajstić information content (AvgIpc) is 2.09. The number of alkyl halides is 2. The summed E-state index contributed by atoms with van der Waals surface area (Å²) in [6.45, 7) is 2.96. The number of rotatable bonds is 2. The number of aryl methyl sites for hydroxylation is 1. The van der Waals surface area contributed by atoms with E-state index >= 15 is 0 Å². The van der Waals surface area contributed by atoms with E-state index in [9.17, 15) is 13.9 Å². The van der Waals surface area contributed by atoms with Gasteiger partial charge in [0.05, 0.1) is 0 Å². The molecule has 78 valence electrons. The fraction of sp³-hybridized carbons (Fsp3) is 0.400. The van der Waals surface area contributed by atoms with E-state index in [1.54, 1.807) is 6.07 Å². The monoisotopic (exact) mass is 264 g/mol. The zero-order chi connectivity index (χ0) is 10.9. The first-order chi connectivity index (χ1) is 6.35. The van der Waals surface area contributed by atoms with E-state index in [4.69, 9.17) is 0 Å². The van der Waals surface area contributed by atoms with Crippen molar-refractivity contribution in [1.82, 2.24) is 0 Å². The SMILES string of the molecule is Cc1ccc(C(C)(O)C(F)F)cc1Br. The molecular formula is C10H11BrF2O. The van der Waals surface area contributed by atoms with E-state index in [2.05, 4.69) is 15.9 Å². The van der Waals surface area contributed by atoms with E-state index in [0.29, 0.717) is 0 Å². The van der Waals surface area contributed by atoms with E-state index in [1.807, 2.05) is 6.92 Å². The van der Waals surface area contributed by atoms with Crippen LogP contribution in [0.1, 0.15) is 18.1 Å². The molecule has 0 aliphatic carbocycles. The van der Waals surface area contributed by atoms with Crippen LogP contribution < -0.4 is 0 Å². The Morgan fingerprint density at radius 1 is 1.43 bits per heavy atom. The van der Waals surface area contributed by atoms with Gasteiger partial charge in [0.1, 0.15) is 5.60 Å². The maximum atomic E-state index is 12.5. The Hall–Kier alpha value is -0.480. The van der Waals surface area contributed by atoms with Crippen molar-refractivity contribution in [2.24, 2.45) is 0 Å². The average molecular weight is 265 g/mol. The standard InChI is InChI=1S/C10H11BrF2O/c1-6-3-4-7(5-8(6)11)10(2,14)9(12)13/h3-5,9,14H,1-2H3. The molecule has 0 heterocycles. The Balaban J connectivity index is 3.14. The van der Waals surface area contributed by atoms with Gasteiger partial charge in [0.2, 0.25) is 0 Å². The van der Waals surface area contributed by atoms with Crippen LogP contribution >= 0.6 is 15.9 Å². The Kier molecular flexibility index (Phi) is 3.27. The lowest BCUT2D eigenvalue weighted by Crippen LogP contribution is -2.30. The molecule has 1 unspecified atom stereocenters. The van der Waals surface area contributed by atoms with Crippen molar-refractivity contribution >= 4 is 15.9 Å². The molecule has 1 rings (SSSR count). The number of hydrogen-bond acceptors (Lipinski definition) is 1. The zero-order valence-electron chi connectivity index (χ0n) is 7.89. The summed E-state index contributed by atoms with van der Waals surface area (Å²) >= 11 is 3.23. The van der Waals surface area contributed by atoms with E-state index in [1.165, 1.54) is 12.1 Å². The molecule has 1 aromatic carbocycles. The van der Waals surface area contributed by atoms with Gasteiger partial charge in [-0.2, -0.15) is 0 Å². The Bertz CT molecular complexity index is 337. The quantitative estimate of drug-likeness (QED) is 0.870. The minimum absolute atomic E-state index is 0.213. The molecule has 0 aromatic heterocycles. The molecule has 4 heteroatoms. The third-order valence-corrected chi connectivity index (χ3v) is 3.04. The van der Waals surface area contributed by atoms with Crippen molar-refractivity contribution in [3.8, 4) is 0 Å². The lowest BCUT2D eigenvalue weighted by molar-refractivity contribution is -0.0883. The first-order valence-electron chi connectivity index (χ1n) is 4.13. The van der Waals surface area contributed by atoms with Crippen molar-refractivity contribution < 1.29 is 13.9 Å². The Labute approximate surface area is 89.9 Å². The second-order valence-electron chi connectivity index (χ2n) is 3.41. The highest BCUT2D eigenvalue weighted by Crippen LogP contribution is 2.30. The summed E-state index contributed by atoms with van der Waals surface area (Å²) in [6.07, 6.45) is -2.79. The summed E-state index contributed by atoms with van der Waals surface area (Å²) in [5, 5.41) is 9.51. The fourth-order valence-corrected chi connectivity index (χ4v) is 1.41. The normalized spacial score (nSPS) is 15.6. The molecule has 14 heavy (non-hydrogen) atoms. The summed E-state index contributed by atoms with van der Waals surface area (Å²) in [5.74, 6) is 0. The van der Waals surface area contributed by atoms with Crippen LogP contribution in [0.15, 0.2) is 22.7 Å². The third-order valence-electron chi connectivity index (χ3n) is 2.18. The van der Waals surface area contributed by atoms with Crippen molar-refractivity contribution in [3.63, 3.8) is 0 Å². The van der Waals surface area contributed by atoms with Crippen LogP contribution in [0.4, 0.5) is 8.78 Å². The second-order valence-corrected chi connectivity index (χ2v) is 4.27. The summed E-state index contributed by atoms with van der Waals surface area (Å²) in [5.41, 5.74) is -0.931. The molecule has 0 fully saturated rings. The largest absolute Gasteiger partial charge is 0.379 e. The predicted molar refractivity (Wildman–Crippen MR) is 54.5 cm³/mol. The fourth-order valence-electron chi connectivity index (χ4n) is 1.03. The van der Waals surface area contributed by atoms with Crippen LogP contribution in [0.5, 0.6) is 0 Å². The summed E-state index contributed by atoms with van der Waals surface area (Å²) in [4.78, 5) is 0. The van der Waals surface area contributed by atoms with Crippen molar-refractivity contribution in [3.05, 3.63) is 33.8 Å². The number of aliphatic hydroxyl groups is 1. The summed E-state index contributed by atoms with van der Waals surface area (Å²) in [6, 6.07) is 4.71. The van der Waals surface area contributed by atoms with Crippen molar-refractivity contribution in [1.29, 1.82) is 0 Å². The van der Waals surface area contributed by atoms with E-state index in [-0.39, 0.29) is 5.56 Å². The number of benzene rings is 1. The lowest BCUT2D eigenvalue weighted by Gasteiger charge is -2.23. The summed E-state index contributed by atoms with van der Waals surface area (Å²) < 4.78 is 25.6. The molecule has 0 aliphatic rings. The lowest BCUT2D eigenvalue weighted by atomic mass is 9.96. The molecule has 1 nitrogen and oxygen atoms in total. The van der Waals surface area contributed by atoms with Crippen LogP contribution in [0.3, 0.4) is 0 Å².